The second-order valence-corrected chi connectivity index (χ2v) is 25.0. The molecule has 1 heterocycles. The van der Waals surface area contributed by atoms with E-state index in [1.54, 1.807) is 6.08 Å². The maximum absolute atomic E-state index is 13.5. The fourth-order valence-electron chi connectivity index (χ4n) is 11.0. The number of aliphatic hydroxyl groups excluding tert-OH is 5. The molecule has 1 fully saturated rings. The van der Waals surface area contributed by atoms with E-state index >= 15 is 0 Å². The van der Waals surface area contributed by atoms with E-state index in [0.717, 1.165) is 89.9 Å². The molecule has 1 saturated heterocycles. The first-order chi connectivity index (χ1) is 42.7. The Morgan fingerprint density at radius 1 is 0.448 bits per heavy atom. The number of carbonyl (C=O) groups is 2. The molecule has 1 aliphatic rings. The van der Waals surface area contributed by atoms with Crippen LogP contribution >= 0.6 is 0 Å². The van der Waals surface area contributed by atoms with Gasteiger partial charge in [-0.05, 0) is 103 Å². The second kappa shape index (κ2) is 63.0. The van der Waals surface area contributed by atoms with E-state index in [0.29, 0.717) is 12.8 Å². The highest BCUT2D eigenvalue weighted by Gasteiger charge is 2.47. The Morgan fingerprint density at radius 2 is 0.793 bits per heavy atom. The van der Waals surface area contributed by atoms with E-state index in [-0.39, 0.29) is 19.4 Å². The van der Waals surface area contributed by atoms with Gasteiger partial charge in [0.1, 0.15) is 24.4 Å². The van der Waals surface area contributed by atoms with E-state index in [4.69, 9.17) is 14.2 Å². The van der Waals surface area contributed by atoms with E-state index in [1.807, 2.05) is 6.08 Å². The minimum atomic E-state index is -1.62. The van der Waals surface area contributed by atoms with Crippen LogP contribution in [0, 0.1) is 0 Å². The standard InChI is InChI=1S/C76H135NO10/c1-4-7-10-13-16-19-22-25-27-29-31-33-34-35-37-38-40-42-45-48-51-54-57-60-63-69(80)75(84)77-67(68(79)62-59-56-53-50-47-44-24-21-18-15-12-9-6-3)66-85-76-74(73(83)72(82)70(65-78)86-76)87-71(81)64-61-58-55-52-49-46-43-41-39-36-32-30-28-26-23-20-17-14-11-8-5-2/h16-17,19-20,25-28,31,33,35,37,59,62,67-70,72-74,76,78-80,82-83H,4-15,18,21-24,29-30,32,34,36,38-58,60-61,63-66H2,1-3H3,(H,77,84)/b19-16-,20-17-,27-25-,28-26-,33-31-,37-35-,62-59+. The SMILES string of the molecule is CCCCC/C=C\C/C=C\C/C=C\C/C=C\CCCCCCCCCCC(O)C(=O)NC(COC1OC(CO)C(O)C(O)C1OC(=O)CCCCCCCCCCCCC/C=C\C/C=C\CCCCC)C(O)/C=C/CCCCCCCCCCCCC. The number of rotatable bonds is 62. The van der Waals surface area contributed by atoms with Crippen LogP contribution in [0.5, 0.6) is 0 Å². The van der Waals surface area contributed by atoms with Crippen molar-refractivity contribution in [3.05, 3.63) is 85.1 Å². The van der Waals surface area contributed by atoms with Crippen LogP contribution in [-0.4, -0.2) is 99.6 Å². The Labute approximate surface area is 533 Å². The molecule has 0 aromatic carbocycles. The summed E-state index contributed by atoms with van der Waals surface area (Å²) in [5.74, 6) is -1.20. The molecule has 1 amide bonds. The summed E-state index contributed by atoms with van der Waals surface area (Å²) in [6.07, 6.45) is 73.2. The molecule has 6 N–H and O–H groups in total. The summed E-state index contributed by atoms with van der Waals surface area (Å²) in [5, 5.41) is 57.3. The highest BCUT2D eigenvalue weighted by molar-refractivity contribution is 5.80. The van der Waals surface area contributed by atoms with Crippen LogP contribution in [0.3, 0.4) is 0 Å². The summed E-state index contributed by atoms with van der Waals surface area (Å²) in [6, 6.07) is -1.03. The van der Waals surface area contributed by atoms with Gasteiger partial charge in [0.15, 0.2) is 12.4 Å². The molecule has 0 bridgehead atoms. The minimum absolute atomic E-state index is 0.118. The number of aliphatic hydroxyl groups is 5. The first-order valence-corrected chi connectivity index (χ1v) is 36.4. The molecule has 8 unspecified atom stereocenters. The van der Waals surface area contributed by atoms with Gasteiger partial charge in [-0.1, -0.05) is 298 Å². The lowest BCUT2D eigenvalue weighted by atomic mass is 9.99. The molecule has 0 aromatic heterocycles. The monoisotopic (exact) mass is 1220 g/mol. The minimum Gasteiger partial charge on any atom is -0.454 e. The van der Waals surface area contributed by atoms with E-state index in [1.165, 1.54) is 186 Å². The number of unbranched alkanes of at least 4 members (excludes halogenated alkanes) is 36. The lowest BCUT2D eigenvalue weighted by Crippen LogP contribution is -2.61. The molecular weight excluding hydrogens is 1090 g/mol. The average Bonchev–Trinajstić information content (AvgIpc) is 1.53. The van der Waals surface area contributed by atoms with E-state index in [2.05, 4.69) is 99.0 Å². The van der Waals surface area contributed by atoms with Crippen molar-refractivity contribution in [3.63, 3.8) is 0 Å². The van der Waals surface area contributed by atoms with Crippen molar-refractivity contribution in [2.24, 2.45) is 0 Å². The van der Waals surface area contributed by atoms with Crippen LogP contribution in [0.15, 0.2) is 85.1 Å². The zero-order valence-corrected chi connectivity index (χ0v) is 56.1. The topological polar surface area (TPSA) is 175 Å². The van der Waals surface area contributed by atoms with Crippen LogP contribution < -0.4 is 5.32 Å². The Kier molecular flexibility index (Phi) is 59.3. The molecular formula is C76H135NO10. The van der Waals surface area contributed by atoms with Crippen molar-refractivity contribution in [1.29, 1.82) is 0 Å². The lowest BCUT2D eigenvalue weighted by molar-refractivity contribution is -0.305. The largest absolute Gasteiger partial charge is 0.454 e. The van der Waals surface area contributed by atoms with Crippen LogP contribution in [0.4, 0.5) is 0 Å². The number of hydrogen-bond acceptors (Lipinski definition) is 10. The highest BCUT2D eigenvalue weighted by Crippen LogP contribution is 2.26. The first-order valence-electron chi connectivity index (χ1n) is 36.4. The van der Waals surface area contributed by atoms with Crippen LogP contribution in [0.25, 0.3) is 0 Å². The predicted molar refractivity (Wildman–Crippen MR) is 366 cm³/mol. The van der Waals surface area contributed by atoms with E-state index in [9.17, 15) is 35.1 Å². The summed E-state index contributed by atoms with van der Waals surface area (Å²) in [7, 11) is 0. The molecule has 1 aliphatic heterocycles. The third-order valence-corrected chi connectivity index (χ3v) is 16.8. The third-order valence-electron chi connectivity index (χ3n) is 16.8. The molecule has 87 heavy (non-hydrogen) atoms. The Balaban J connectivity index is 2.60. The Bertz CT molecular complexity index is 1740. The number of carbonyl (C=O) groups excluding carboxylic acids is 2. The highest BCUT2D eigenvalue weighted by atomic mass is 16.7. The fraction of sp³-hybridized carbons (Fsp3) is 0.789. The summed E-state index contributed by atoms with van der Waals surface area (Å²) >= 11 is 0. The number of nitrogens with one attached hydrogen (secondary N) is 1. The molecule has 0 radical (unpaired) electrons. The number of hydrogen-bond donors (Lipinski definition) is 6. The molecule has 504 valence electrons. The maximum Gasteiger partial charge on any atom is 0.306 e. The summed E-state index contributed by atoms with van der Waals surface area (Å²) < 4.78 is 17.7. The van der Waals surface area contributed by atoms with Gasteiger partial charge in [-0.2, -0.15) is 0 Å². The van der Waals surface area contributed by atoms with Gasteiger partial charge >= 0.3 is 5.97 Å². The Hall–Kier alpha value is -3.16. The first kappa shape index (κ1) is 81.9. The van der Waals surface area contributed by atoms with Crippen LogP contribution in [0.2, 0.25) is 0 Å². The molecule has 11 heteroatoms. The van der Waals surface area contributed by atoms with Crippen molar-refractivity contribution < 1.29 is 49.3 Å². The van der Waals surface area contributed by atoms with Gasteiger partial charge in [0.25, 0.3) is 0 Å². The van der Waals surface area contributed by atoms with Gasteiger partial charge in [-0.15, -0.1) is 0 Å². The van der Waals surface area contributed by atoms with Gasteiger partial charge in [0.05, 0.1) is 25.4 Å². The van der Waals surface area contributed by atoms with Crippen LogP contribution in [0.1, 0.15) is 323 Å². The number of ether oxygens (including phenoxy) is 3. The quantitative estimate of drug-likeness (QED) is 0.0195. The summed E-state index contributed by atoms with van der Waals surface area (Å²) in [6.45, 7) is 5.77. The zero-order valence-electron chi connectivity index (χ0n) is 56.1. The van der Waals surface area contributed by atoms with Crippen molar-refractivity contribution in [2.45, 2.75) is 372 Å². The van der Waals surface area contributed by atoms with Crippen molar-refractivity contribution in [3.8, 4) is 0 Å². The second-order valence-electron chi connectivity index (χ2n) is 25.0. The number of esters is 1. The maximum atomic E-state index is 13.5. The number of allylic oxidation sites excluding steroid dienone is 13. The summed E-state index contributed by atoms with van der Waals surface area (Å²) in [5.41, 5.74) is 0. The molecule has 0 aliphatic carbocycles. The van der Waals surface area contributed by atoms with E-state index < -0.39 is 67.4 Å². The fourth-order valence-corrected chi connectivity index (χ4v) is 11.0. The van der Waals surface area contributed by atoms with Crippen LogP contribution in [-0.2, 0) is 23.8 Å². The van der Waals surface area contributed by atoms with Crippen molar-refractivity contribution in [2.75, 3.05) is 13.2 Å². The van der Waals surface area contributed by atoms with Crippen molar-refractivity contribution in [1.82, 2.24) is 5.32 Å². The zero-order chi connectivity index (χ0) is 63.1. The van der Waals surface area contributed by atoms with Gasteiger partial charge in [-0.3, -0.25) is 9.59 Å². The average molecular weight is 1220 g/mol. The van der Waals surface area contributed by atoms with Gasteiger partial charge in [0.2, 0.25) is 5.91 Å². The number of amides is 1. The van der Waals surface area contributed by atoms with Crippen molar-refractivity contribution >= 4 is 11.9 Å². The normalized spacial score (nSPS) is 18.7. The molecule has 0 spiro atoms. The lowest BCUT2D eigenvalue weighted by Gasteiger charge is -2.41. The Morgan fingerprint density at radius 3 is 1.21 bits per heavy atom. The molecule has 0 aromatic rings. The molecule has 1 rings (SSSR count). The molecule has 8 atom stereocenters. The van der Waals surface area contributed by atoms with Gasteiger partial charge in [-0.25, -0.2) is 0 Å². The smallest absolute Gasteiger partial charge is 0.306 e. The third kappa shape index (κ3) is 50.2. The van der Waals surface area contributed by atoms with Gasteiger partial charge < -0.3 is 45.1 Å². The molecule has 11 nitrogen and oxygen atoms in total. The van der Waals surface area contributed by atoms with Gasteiger partial charge in [0, 0.05) is 6.42 Å². The predicted octanol–water partition coefficient (Wildman–Crippen LogP) is 18.8. The summed E-state index contributed by atoms with van der Waals surface area (Å²) in [4.78, 5) is 26.7. The molecule has 0 saturated carbocycles.